The first-order valence-corrected chi connectivity index (χ1v) is 8.01. The highest BCUT2D eigenvalue weighted by Crippen LogP contribution is 2.43. The van der Waals surface area contributed by atoms with Crippen LogP contribution in [-0.2, 0) is 0 Å². The van der Waals surface area contributed by atoms with Crippen LogP contribution in [-0.4, -0.2) is 48.1 Å². The normalized spacial score (nSPS) is 30.8. The van der Waals surface area contributed by atoms with E-state index in [4.69, 9.17) is 0 Å². The topological polar surface area (TPSA) is 15.3 Å². The Balaban J connectivity index is 1.87. The van der Waals surface area contributed by atoms with Crippen molar-refractivity contribution in [3.8, 4) is 0 Å². The first-order chi connectivity index (χ1) is 7.78. The highest BCUT2D eigenvalue weighted by molar-refractivity contribution is 8.00. The van der Waals surface area contributed by atoms with Crippen molar-refractivity contribution < 1.29 is 0 Å². The van der Waals surface area contributed by atoms with Crippen LogP contribution in [0.5, 0.6) is 0 Å². The molecule has 2 nitrogen and oxygen atoms in total. The number of rotatable bonds is 4. The summed E-state index contributed by atoms with van der Waals surface area (Å²) in [6, 6.07) is 0.724. The van der Waals surface area contributed by atoms with Crippen LogP contribution in [0, 0.1) is 0 Å². The summed E-state index contributed by atoms with van der Waals surface area (Å²) in [5, 5.41) is 3.65. The molecule has 1 saturated carbocycles. The second-order valence-corrected chi connectivity index (χ2v) is 6.66. The molecule has 3 heteroatoms. The van der Waals surface area contributed by atoms with E-state index in [1.165, 1.54) is 58.3 Å². The SMILES string of the molecule is CCC1CN(CC2(SC)CCC2)CCCN1. The summed E-state index contributed by atoms with van der Waals surface area (Å²) < 4.78 is 0.614. The minimum absolute atomic E-state index is 0.614. The van der Waals surface area contributed by atoms with E-state index < -0.39 is 0 Å². The molecule has 0 aromatic heterocycles. The van der Waals surface area contributed by atoms with Crippen molar-refractivity contribution in [3.63, 3.8) is 0 Å². The first kappa shape index (κ1) is 12.7. The number of thioether (sulfide) groups is 1. The zero-order valence-electron chi connectivity index (χ0n) is 10.8. The van der Waals surface area contributed by atoms with Gasteiger partial charge >= 0.3 is 0 Å². The average Bonchev–Trinajstić information content (AvgIpc) is 2.48. The van der Waals surface area contributed by atoms with Gasteiger partial charge in [-0.15, -0.1) is 0 Å². The van der Waals surface area contributed by atoms with E-state index in [1.54, 1.807) is 0 Å². The fraction of sp³-hybridized carbons (Fsp3) is 1.00. The maximum atomic E-state index is 3.65. The molecule has 1 saturated heterocycles. The van der Waals surface area contributed by atoms with E-state index >= 15 is 0 Å². The lowest BCUT2D eigenvalue weighted by Gasteiger charge is -2.44. The molecule has 1 N–H and O–H groups in total. The molecule has 16 heavy (non-hydrogen) atoms. The van der Waals surface area contributed by atoms with Crippen molar-refractivity contribution in [1.82, 2.24) is 10.2 Å². The minimum atomic E-state index is 0.614. The molecule has 1 aliphatic carbocycles. The molecule has 2 aliphatic rings. The van der Waals surface area contributed by atoms with Gasteiger partial charge in [0.1, 0.15) is 0 Å². The second kappa shape index (κ2) is 5.74. The minimum Gasteiger partial charge on any atom is -0.313 e. The van der Waals surface area contributed by atoms with Gasteiger partial charge < -0.3 is 10.2 Å². The Morgan fingerprint density at radius 2 is 2.19 bits per heavy atom. The van der Waals surface area contributed by atoms with E-state index in [1.807, 2.05) is 0 Å². The number of hydrogen-bond donors (Lipinski definition) is 1. The quantitative estimate of drug-likeness (QED) is 0.815. The molecule has 0 aromatic rings. The Bertz CT molecular complexity index is 210. The van der Waals surface area contributed by atoms with Crippen LogP contribution >= 0.6 is 11.8 Å². The van der Waals surface area contributed by atoms with E-state index in [2.05, 4.69) is 35.2 Å². The van der Waals surface area contributed by atoms with E-state index in [9.17, 15) is 0 Å². The predicted molar refractivity (Wildman–Crippen MR) is 73.2 cm³/mol. The third-order valence-electron chi connectivity index (χ3n) is 4.27. The van der Waals surface area contributed by atoms with Crippen LogP contribution < -0.4 is 5.32 Å². The smallest absolute Gasteiger partial charge is 0.0284 e. The molecule has 0 aromatic carbocycles. The molecule has 0 bridgehead atoms. The molecule has 1 unspecified atom stereocenters. The van der Waals surface area contributed by atoms with Gasteiger partial charge in [-0.3, -0.25) is 0 Å². The molecule has 1 aliphatic heterocycles. The molecule has 2 fully saturated rings. The third-order valence-corrected chi connectivity index (χ3v) is 5.67. The van der Waals surface area contributed by atoms with Gasteiger partial charge in [0.15, 0.2) is 0 Å². The van der Waals surface area contributed by atoms with Gasteiger partial charge in [0.25, 0.3) is 0 Å². The van der Waals surface area contributed by atoms with Crippen molar-refractivity contribution in [1.29, 1.82) is 0 Å². The van der Waals surface area contributed by atoms with Crippen LogP contribution in [0.3, 0.4) is 0 Å². The molecular weight excluding hydrogens is 216 g/mol. The largest absolute Gasteiger partial charge is 0.313 e. The Labute approximate surface area is 105 Å². The highest BCUT2D eigenvalue weighted by atomic mass is 32.2. The number of nitrogens with one attached hydrogen (secondary N) is 1. The summed E-state index contributed by atoms with van der Waals surface area (Å²) in [6.07, 6.45) is 9.21. The monoisotopic (exact) mass is 242 g/mol. The summed E-state index contributed by atoms with van der Waals surface area (Å²) in [7, 11) is 0. The van der Waals surface area contributed by atoms with Gasteiger partial charge in [0, 0.05) is 23.9 Å². The van der Waals surface area contributed by atoms with Crippen molar-refractivity contribution in [2.75, 3.05) is 32.4 Å². The lowest BCUT2D eigenvalue weighted by Crippen LogP contribution is -2.48. The second-order valence-electron chi connectivity index (χ2n) is 5.39. The molecule has 0 radical (unpaired) electrons. The van der Waals surface area contributed by atoms with E-state index in [0.717, 1.165) is 6.04 Å². The molecule has 2 rings (SSSR count). The van der Waals surface area contributed by atoms with Crippen molar-refractivity contribution in [3.05, 3.63) is 0 Å². The first-order valence-electron chi connectivity index (χ1n) is 6.79. The Hall–Kier alpha value is 0.270. The summed E-state index contributed by atoms with van der Waals surface area (Å²) in [4.78, 5) is 2.71. The van der Waals surface area contributed by atoms with Crippen LogP contribution in [0.15, 0.2) is 0 Å². The Morgan fingerprint density at radius 1 is 1.38 bits per heavy atom. The fourth-order valence-electron chi connectivity index (χ4n) is 2.90. The predicted octanol–water partition coefficient (Wildman–Crippen LogP) is 2.35. The van der Waals surface area contributed by atoms with Crippen molar-refractivity contribution in [2.45, 2.75) is 49.8 Å². The standard InChI is InChI=1S/C13H26N2S/c1-3-12-10-15(9-5-8-14-12)11-13(16-2)6-4-7-13/h12,14H,3-11H2,1-2H3. The maximum Gasteiger partial charge on any atom is 0.0284 e. The summed E-state index contributed by atoms with van der Waals surface area (Å²) in [5.41, 5.74) is 0. The molecule has 0 spiro atoms. The van der Waals surface area contributed by atoms with Gasteiger partial charge in [-0.2, -0.15) is 11.8 Å². The fourth-order valence-corrected chi connectivity index (χ4v) is 3.91. The van der Waals surface area contributed by atoms with Gasteiger partial charge in [-0.1, -0.05) is 13.3 Å². The highest BCUT2D eigenvalue weighted by Gasteiger charge is 2.38. The van der Waals surface area contributed by atoms with Gasteiger partial charge in [-0.05, 0) is 45.0 Å². The van der Waals surface area contributed by atoms with Crippen LogP contribution in [0.25, 0.3) is 0 Å². The van der Waals surface area contributed by atoms with Gasteiger partial charge in [0.05, 0.1) is 0 Å². The Morgan fingerprint density at radius 3 is 2.75 bits per heavy atom. The summed E-state index contributed by atoms with van der Waals surface area (Å²) >= 11 is 2.11. The summed E-state index contributed by atoms with van der Waals surface area (Å²) in [5.74, 6) is 0. The molecule has 1 atom stereocenters. The molecular formula is C13H26N2S. The van der Waals surface area contributed by atoms with Gasteiger partial charge in [-0.25, -0.2) is 0 Å². The van der Waals surface area contributed by atoms with Crippen LogP contribution in [0.1, 0.15) is 39.0 Å². The molecule has 1 heterocycles. The number of nitrogens with zero attached hydrogens (tertiary/aromatic N) is 1. The van der Waals surface area contributed by atoms with Gasteiger partial charge in [0.2, 0.25) is 0 Å². The Kier molecular flexibility index (Phi) is 4.57. The molecule has 0 amide bonds. The van der Waals surface area contributed by atoms with E-state index in [0.29, 0.717) is 4.75 Å². The lowest BCUT2D eigenvalue weighted by atomic mass is 9.83. The van der Waals surface area contributed by atoms with Crippen LogP contribution in [0.4, 0.5) is 0 Å². The molecule has 94 valence electrons. The third kappa shape index (κ3) is 2.93. The maximum absolute atomic E-state index is 3.65. The van der Waals surface area contributed by atoms with Crippen LogP contribution in [0.2, 0.25) is 0 Å². The summed E-state index contributed by atoms with van der Waals surface area (Å²) in [6.45, 7) is 7.40. The van der Waals surface area contributed by atoms with Crippen molar-refractivity contribution >= 4 is 11.8 Å². The zero-order chi connectivity index (χ0) is 11.4. The van der Waals surface area contributed by atoms with Crippen molar-refractivity contribution in [2.24, 2.45) is 0 Å². The zero-order valence-corrected chi connectivity index (χ0v) is 11.6. The number of hydrogen-bond acceptors (Lipinski definition) is 3. The average molecular weight is 242 g/mol. The van der Waals surface area contributed by atoms with E-state index in [-0.39, 0.29) is 0 Å². The lowest BCUT2D eigenvalue weighted by molar-refractivity contribution is 0.198.